The molecule has 0 aliphatic carbocycles. The van der Waals surface area contributed by atoms with Gasteiger partial charge in [0.05, 0.1) is 29.0 Å². The van der Waals surface area contributed by atoms with Crippen molar-refractivity contribution in [2.24, 2.45) is 0 Å². The lowest BCUT2D eigenvalue weighted by Gasteiger charge is -2.12. The van der Waals surface area contributed by atoms with E-state index >= 15 is 0 Å². The van der Waals surface area contributed by atoms with Crippen LogP contribution >= 0.6 is 34.3 Å². The van der Waals surface area contributed by atoms with Crippen molar-refractivity contribution in [3.8, 4) is 22.4 Å². The summed E-state index contributed by atoms with van der Waals surface area (Å²) in [6, 6.07) is 17.8. The van der Waals surface area contributed by atoms with Crippen molar-refractivity contribution < 1.29 is 26.1 Å². The van der Waals surface area contributed by atoms with Crippen molar-refractivity contribution in [3.63, 3.8) is 0 Å². The third-order valence-electron chi connectivity index (χ3n) is 7.07. The number of benzene rings is 2. The predicted molar refractivity (Wildman–Crippen MR) is 168 cm³/mol. The number of pyridine rings is 1. The Kier molecular flexibility index (Phi) is 7.91. The Labute approximate surface area is 264 Å². The van der Waals surface area contributed by atoms with Crippen LogP contribution < -0.4 is 0 Å². The van der Waals surface area contributed by atoms with Crippen molar-refractivity contribution in [1.29, 1.82) is 0 Å². The fourth-order valence-electron chi connectivity index (χ4n) is 5.20. The van der Waals surface area contributed by atoms with Crippen LogP contribution in [0.2, 0.25) is 5.02 Å². The van der Waals surface area contributed by atoms with Crippen LogP contribution in [0.3, 0.4) is 0 Å². The minimum Gasteiger partial charge on any atom is -0.281 e. The number of rotatable bonds is 7. The number of alkyl halides is 3. The monoisotopic (exact) mass is 673 g/mol. The molecule has 0 aliphatic heterocycles. The van der Waals surface area contributed by atoms with Crippen LogP contribution in [0.25, 0.3) is 33.3 Å². The first-order valence-corrected chi connectivity index (χ1v) is 16.7. The molecule has 0 unspecified atom stereocenters. The van der Waals surface area contributed by atoms with Gasteiger partial charge in [-0.05, 0) is 61.2 Å². The second-order valence-electron chi connectivity index (χ2n) is 10.3. The van der Waals surface area contributed by atoms with Gasteiger partial charge in [0.1, 0.15) is 0 Å². The molecule has 6 rings (SSSR count). The van der Waals surface area contributed by atoms with Gasteiger partial charge in [-0.3, -0.25) is 14.2 Å². The van der Waals surface area contributed by atoms with Crippen molar-refractivity contribution in [1.82, 2.24) is 14.8 Å². The van der Waals surface area contributed by atoms with Crippen molar-refractivity contribution in [3.05, 3.63) is 109 Å². The average molecular weight is 674 g/mol. The molecular formula is C31H23ClF3N3O3S3. The Hall–Kier alpha value is -3.55. The van der Waals surface area contributed by atoms with Gasteiger partial charge in [-0.1, -0.05) is 41.9 Å². The van der Waals surface area contributed by atoms with Crippen LogP contribution in [-0.2, 0) is 29.3 Å². The number of fused-ring (bicyclic) bond motifs is 1. The van der Waals surface area contributed by atoms with Gasteiger partial charge in [0.25, 0.3) is 0 Å². The topological polar surface area (TPSA) is 85.1 Å². The van der Waals surface area contributed by atoms with Gasteiger partial charge in [0.2, 0.25) is 0 Å². The fourth-order valence-corrected chi connectivity index (χ4v) is 8.24. The summed E-state index contributed by atoms with van der Waals surface area (Å²) < 4.78 is 76.1. The third-order valence-corrected chi connectivity index (χ3v) is 10.7. The molecule has 0 saturated carbocycles. The minimum atomic E-state index is -4.50. The highest BCUT2D eigenvalue weighted by Gasteiger charge is 2.31. The molecule has 0 spiro atoms. The molecule has 1 N–H and O–H groups in total. The van der Waals surface area contributed by atoms with E-state index in [0.717, 1.165) is 33.9 Å². The van der Waals surface area contributed by atoms with Crippen LogP contribution in [0.15, 0.2) is 76.3 Å². The molecule has 0 bridgehead atoms. The number of aromatic nitrogens is 3. The molecular weight excluding hydrogens is 651 g/mol. The van der Waals surface area contributed by atoms with Crippen molar-refractivity contribution in [2.75, 3.05) is 0 Å². The van der Waals surface area contributed by atoms with Crippen LogP contribution in [0.1, 0.15) is 32.3 Å². The lowest BCUT2D eigenvalue weighted by atomic mass is 10.0. The van der Waals surface area contributed by atoms with E-state index in [4.69, 9.17) is 21.7 Å². The van der Waals surface area contributed by atoms with Gasteiger partial charge in [-0.15, -0.1) is 22.7 Å². The first-order valence-electron chi connectivity index (χ1n) is 13.2. The van der Waals surface area contributed by atoms with E-state index in [0.29, 0.717) is 61.0 Å². The highest BCUT2D eigenvalue weighted by Crippen LogP contribution is 2.39. The number of nitrogens with zero attached hydrogens (tertiary/aromatic N) is 3. The number of thiophene rings is 2. The van der Waals surface area contributed by atoms with Gasteiger partial charge in [0.15, 0.2) is 4.21 Å². The highest BCUT2D eigenvalue weighted by atomic mass is 35.5. The molecule has 0 atom stereocenters. The zero-order valence-corrected chi connectivity index (χ0v) is 26.4. The van der Waals surface area contributed by atoms with Gasteiger partial charge >= 0.3 is 16.3 Å². The Morgan fingerprint density at radius 2 is 1.80 bits per heavy atom. The predicted octanol–water partition coefficient (Wildman–Crippen LogP) is 9.06. The van der Waals surface area contributed by atoms with Gasteiger partial charge in [-0.25, -0.2) is 0 Å². The Morgan fingerprint density at radius 3 is 2.48 bits per heavy atom. The van der Waals surface area contributed by atoms with E-state index in [-0.39, 0.29) is 10.8 Å². The number of hydrogen-bond donors (Lipinski definition) is 1. The van der Waals surface area contributed by atoms with E-state index in [1.807, 2.05) is 23.6 Å². The Bertz CT molecular complexity index is 2140. The molecule has 4 aromatic heterocycles. The van der Waals surface area contributed by atoms with Crippen LogP contribution in [-0.4, -0.2) is 27.7 Å². The first-order chi connectivity index (χ1) is 20.8. The lowest BCUT2D eigenvalue weighted by Crippen LogP contribution is -2.05. The average Bonchev–Trinajstić information content (AvgIpc) is 3.68. The second-order valence-corrected chi connectivity index (χ2v) is 14.6. The summed E-state index contributed by atoms with van der Waals surface area (Å²) in [6.45, 7) is 3.82. The molecule has 2 aromatic carbocycles. The smallest absolute Gasteiger partial charge is 0.281 e. The second kappa shape index (κ2) is 11.4. The molecule has 44 heavy (non-hydrogen) atoms. The molecule has 4 heterocycles. The number of halogens is 4. The third kappa shape index (κ3) is 6.04. The quantitative estimate of drug-likeness (QED) is 0.171. The largest absolute Gasteiger partial charge is 0.416 e. The molecule has 0 aliphatic rings. The van der Waals surface area contributed by atoms with E-state index in [1.54, 1.807) is 60.2 Å². The fraction of sp³-hybridized carbons (Fsp3) is 0.161. The molecule has 13 heteroatoms. The summed E-state index contributed by atoms with van der Waals surface area (Å²) in [4.78, 5) is 6.60. The summed E-state index contributed by atoms with van der Waals surface area (Å²) in [6.07, 6.45) is -4.00. The summed E-state index contributed by atoms with van der Waals surface area (Å²) in [5.74, 6) is 0. The van der Waals surface area contributed by atoms with Crippen molar-refractivity contribution in [2.45, 2.75) is 37.2 Å². The maximum atomic E-state index is 13.6. The standard InChI is InChI=1S/C31H23ClF3N3O3S3/c1-17-11-25(30(43-17)44(39,40)41)24-9-8-19(12-26(24)32)16-38-27-15-22(14-23-7-4-10-42-23)36-29(28(27)18(2)37-38)20-5-3-6-21(13-20)31(33,34)35/h3-13,15H,14,16H2,1-2H3,(H,39,40,41). The molecule has 0 amide bonds. The van der Waals surface area contributed by atoms with Crippen LogP contribution in [0.4, 0.5) is 13.2 Å². The highest BCUT2D eigenvalue weighted by molar-refractivity contribution is 7.88. The van der Waals surface area contributed by atoms with Crippen molar-refractivity contribution >= 4 is 55.3 Å². The van der Waals surface area contributed by atoms with Gasteiger partial charge < -0.3 is 0 Å². The van der Waals surface area contributed by atoms with Gasteiger partial charge in [0, 0.05) is 49.0 Å². The van der Waals surface area contributed by atoms with E-state index in [1.165, 1.54) is 6.07 Å². The maximum absolute atomic E-state index is 13.6. The lowest BCUT2D eigenvalue weighted by molar-refractivity contribution is -0.137. The van der Waals surface area contributed by atoms with E-state index in [2.05, 4.69) is 0 Å². The normalized spacial score (nSPS) is 12.3. The zero-order valence-electron chi connectivity index (χ0n) is 23.2. The number of aryl methyl sites for hydroxylation is 2. The maximum Gasteiger partial charge on any atom is 0.416 e. The Balaban J connectivity index is 1.45. The van der Waals surface area contributed by atoms with E-state index in [9.17, 15) is 26.1 Å². The Morgan fingerprint density at radius 1 is 1.00 bits per heavy atom. The first kappa shape index (κ1) is 30.5. The molecule has 6 aromatic rings. The molecule has 0 saturated heterocycles. The SMILES string of the molecule is Cc1cc(-c2ccc(Cn3nc(C)c4c(-c5cccc(C(F)(F)F)c5)nc(Cc5cccs5)cc43)cc2Cl)c(S(=O)(=O)O)s1. The molecule has 6 nitrogen and oxygen atoms in total. The summed E-state index contributed by atoms with van der Waals surface area (Å²) >= 11 is 9.18. The van der Waals surface area contributed by atoms with Gasteiger partial charge in [-0.2, -0.15) is 26.7 Å². The molecule has 0 radical (unpaired) electrons. The van der Waals surface area contributed by atoms with Crippen LogP contribution in [0.5, 0.6) is 0 Å². The minimum absolute atomic E-state index is 0.175. The van der Waals surface area contributed by atoms with Crippen LogP contribution in [0, 0.1) is 13.8 Å². The molecule has 226 valence electrons. The molecule has 0 fully saturated rings. The van der Waals surface area contributed by atoms with E-state index < -0.39 is 21.9 Å². The summed E-state index contributed by atoms with van der Waals surface area (Å²) in [5.41, 5.74) is 3.55. The zero-order chi connectivity index (χ0) is 31.4. The summed E-state index contributed by atoms with van der Waals surface area (Å²) in [7, 11) is -4.44. The summed E-state index contributed by atoms with van der Waals surface area (Å²) in [5, 5.41) is 7.64. The number of hydrogen-bond acceptors (Lipinski definition) is 6.